The van der Waals surface area contributed by atoms with Crippen molar-refractivity contribution in [3.05, 3.63) is 11.6 Å². The SMILES string of the molecule is CC#C[C@]12CCC3(C[C@]1(O)CC[C@@H]1C2=CC[C@]2(C)C(=O)CC[C@@H]12)OCCO3. The number of Topliss-reactive ketones (excluding diaryl/α,β-unsaturated/α-hetero) is 1. The van der Waals surface area contributed by atoms with Gasteiger partial charge in [0.15, 0.2) is 5.79 Å². The zero-order chi connectivity index (χ0) is 18.9. The van der Waals surface area contributed by atoms with Gasteiger partial charge in [-0.3, -0.25) is 4.79 Å². The van der Waals surface area contributed by atoms with Crippen LogP contribution < -0.4 is 0 Å². The molecule has 0 aromatic carbocycles. The summed E-state index contributed by atoms with van der Waals surface area (Å²) in [4.78, 5) is 12.6. The third-order valence-corrected chi connectivity index (χ3v) is 8.52. The first-order valence-electron chi connectivity index (χ1n) is 10.6. The fourth-order valence-electron chi connectivity index (χ4n) is 7.16. The summed E-state index contributed by atoms with van der Waals surface area (Å²) in [5.41, 5.74) is -0.330. The minimum atomic E-state index is -0.919. The van der Waals surface area contributed by atoms with Crippen molar-refractivity contribution in [1.29, 1.82) is 0 Å². The van der Waals surface area contributed by atoms with E-state index in [1.165, 1.54) is 5.57 Å². The van der Waals surface area contributed by atoms with Crippen LogP contribution in [0.4, 0.5) is 0 Å². The summed E-state index contributed by atoms with van der Waals surface area (Å²) in [5.74, 6) is 7.20. The second kappa shape index (κ2) is 5.69. The molecule has 1 aliphatic heterocycles. The number of fused-ring (bicyclic) bond motifs is 5. The Bertz CT molecular complexity index is 767. The summed E-state index contributed by atoms with van der Waals surface area (Å²) < 4.78 is 11.9. The largest absolute Gasteiger partial charge is 0.388 e. The van der Waals surface area contributed by atoms with E-state index in [-0.39, 0.29) is 5.41 Å². The molecule has 0 radical (unpaired) electrons. The Morgan fingerprint density at radius 2 is 1.96 bits per heavy atom. The number of ether oxygens (including phenoxy) is 2. The molecule has 3 saturated carbocycles. The molecule has 0 unspecified atom stereocenters. The van der Waals surface area contributed by atoms with E-state index in [1.54, 1.807) is 0 Å². The van der Waals surface area contributed by atoms with E-state index in [0.717, 1.165) is 32.1 Å². The Labute approximate surface area is 161 Å². The predicted molar refractivity (Wildman–Crippen MR) is 101 cm³/mol. The summed E-state index contributed by atoms with van der Waals surface area (Å²) in [7, 11) is 0. The fourth-order valence-corrected chi connectivity index (χ4v) is 7.16. The standard InChI is InChI=1S/C23H30O4/c1-3-8-21-11-12-23(26-13-14-27-23)15-22(21,25)10-6-16-17-4-5-19(24)20(17,2)9-7-18(16)21/h7,16-17,25H,4-6,9-15H2,1-2H3/t16-,17-,20-,21+,22+/m0/s1. The Kier molecular flexibility index (Phi) is 3.77. The van der Waals surface area contributed by atoms with Crippen molar-refractivity contribution in [2.45, 2.75) is 76.6 Å². The summed E-state index contributed by atoms with van der Waals surface area (Å²) in [6, 6.07) is 0. The van der Waals surface area contributed by atoms with Crippen molar-refractivity contribution in [2.75, 3.05) is 13.2 Å². The van der Waals surface area contributed by atoms with Crippen LogP contribution in [0.5, 0.6) is 0 Å². The molecule has 1 spiro atoms. The Morgan fingerprint density at radius 3 is 2.70 bits per heavy atom. The molecule has 146 valence electrons. The van der Waals surface area contributed by atoms with Gasteiger partial charge in [0.25, 0.3) is 0 Å². The average Bonchev–Trinajstić information content (AvgIpc) is 3.21. The van der Waals surface area contributed by atoms with Crippen molar-refractivity contribution in [3.8, 4) is 11.8 Å². The number of carbonyl (C=O) groups is 1. The van der Waals surface area contributed by atoms with Gasteiger partial charge >= 0.3 is 0 Å². The van der Waals surface area contributed by atoms with Crippen LogP contribution in [0, 0.1) is 34.5 Å². The number of carbonyl (C=O) groups excluding carboxylic acids is 1. The Balaban J connectivity index is 1.58. The highest BCUT2D eigenvalue weighted by molar-refractivity contribution is 5.87. The molecule has 1 saturated heterocycles. The number of rotatable bonds is 0. The Hall–Kier alpha value is -1.15. The molecular formula is C23H30O4. The molecule has 4 aliphatic carbocycles. The van der Waals surface area contributed by atoms with E-state index in [9.17, 15) is 9.90 Å². The second-order valence-electron chi connectivity index (χ2n) is 9.59. The van der Waals surface area contributed by atoms with Gasteiger partial charge in [0, 0.05) is 24.7 Å². The summed E-state index contributed by atoms with van der Waals surface area (Å²) >= 11 is 0. The number of aliphatic hydroxyl groups is 1. The highest BCUT2D eigenvalue weighted by Gasteiger charge is 2.66. The number of allylic oxidation sites excluding steroid dienone is 1. The molecule has 0 amide bonds. The van der Waals surface area contributed by atoms with Crippen LogP contribution in [0.2, 0.25) is 0 Å². The van der Waals surface area contributed by atoms with E-state index in [0.29, 0.717) is 50.1 Å². The number of hydrogen-bond acceptors (Lipinski definition) is 4. The first kappa shape index (κ1) is 17.9. The number of ketones is 1. The maximum absolute atomic E-state index is 12.6. The first-order chi connectivity index (χ1) is 12.9. The van der Waals surface area contributed by atoms with Crippen LogP contribution >= 0.6 is 0 Å². The van der Waals surface area contributed by atoms with E-state index < -0.39 is 16.8 Å². The smallest absolute Gasteiger partial charge is 0.171 e. The van der Waals surface area contributed by atoms with E-state index in [4.69, 9.17) is 9.47 Å². The average molecular weight is 370 g/mol. The molecule has 1 heterocycles. The van der Waals surface area contributed by atoms with Gasteiger partial charge in [-0.1, -0.05) is 18.9 Å². The van der Waals surface area contributed by atoms with Gasteiger partial charge in [-0.2, -0.15) is 0 Å². The molecule has 27 heavy (non-hydrogen) atoms. The van der Waals surface area contributed by atoms with Crippen molar-refractivity contribution >= 4 is 5.78 Å². The molecular weight excluding hydrogens is 340 g/mol. The molecule has 0 bridgehead atoms. The van der Waals surface area contributed by atoms with Gasteiger partial charge in [0.1, 0.15) is 5.78 Å². The van der Waals surface area contributed by atoms with Crippen LogP contribution in [-0.4, -0.2) is 35.5 Å². The van der Waals surface area contributed by atoms with Crippen LogP contribution in [0.3, 0.4) is 0 Å². The van der Waals surface area contributed by atoms with Gasteiger partial charge in [-0.05, 0) is 56.4 Å². The molecule has 4 nitrogen and oxygen atoms in total. The zero-order valence-electron chi connectivity index (χ0n) is 16.5. The van der Waals surface area contributed by atoms with Gasteiger partial charge in [0.05, 0.1) is 24.2 Å². The van der Waals surface area contributed by atoms with Crippen LogP contribution in [0.25, 0.3) is 0 Å². The summed E-state index contributed by atoms with van der Waals surface area (Å²) in [5, 5.41) is 11.9. The predicted octanol–water partition coefficient (Wildman–Crippen LogP) is 3.38. The molecule has 1 N–H and O–H groups in total. The number of hydrogen-bond donors (Lipinski definition) is 1. The monoisotopic (exact) mass is 370 g/mol. The highest BCUT2D eigenvalue weighted by Crippen LogP contribution is 2.66. The van der Waals surface area contributed by atoms with Crippen LogP contribution in [-0.2, 0) is 14.3 Å². The molecule has 0 aromatic rings. The van der Waals surface area contributed by atoms with E-state index in [1.807, 2.05) is 6.92 Å². The molecule has 5 aliphatic rings. The lowest BCUT2D eigenvalue weighted by Gasteiger charge is -2.60. The Morgan fingerprint density at radius 1 is 1.19 bits per heavy atom. The van der Waals surface area contributed by atoms with Crippen molar-refractivity contribution in [1.82, 2.24) is 0 Å². The molecule has 4 fully saturated rings. The van der Waals surface area contributed by atoms with Crippen molar-refractivity contribution in [3.63, 3.8) is 0 Å². The third kappa shape index (κ3) is 2.20. The van der Waals surface area contributed by atoms with E-state index >= 15 is 0 Å². The topological polar surface area (TPSA) is 55.8 Å². The van der Waals surface area contributed by atoms with Gasteiger partial charge in [-0.25, -0.2) is 0 Å². The first-order valence-corrected chi connectivity index (χ1v) is 10.6. The van der Waals surface area contributed by atoms with Crippen LogP contribution in [0.1, 0.15) is 65.2 Å². The van der Waals surface area contributed by atoms with Gasteiger partial charge < -0.3 is 14.6 Å². The lowest BCUT2D eigenvalue weighted by molar-refractivity contribution is -0.247. The van der Waals surface area contributed by atoms with Crippen LogP contribution in [0.15, 0.2) is 11.6 Å². The zero-order valence-corrected chi connectivity index (χ0v) is 16.5. The van der Waals surface area contributed by atoms with Gasteiger partial charge in [-0.15, -0.1) is 5.92 Å². The molecule has 4 heteroatoms. The molecule has 0 aromatic heterocycles. The van der Waals surface area contributed by atoms with Crippen molar-refractivity contribution in [2.24, 2.45) is 22.7 Å². The normalized spacial score (nSPS) is 47.5. The maximum Gasteiger partial charge on any atom is 0.171 e. The third-order valence-electron chi connectivity index (χ3n) is 8.52. The van der Waals surface area contributed by atoms with E-state index in [2.05, 4.69) is 24.8 Å². The summed E-state index contributed by atoms with van der Waals surface area (Å²) in [6.07, 6.45) is 8.45. The fraction of sp³-hybridized carbons (Fsp3) is 0.783. The minimum Gasteiger partial charge on any atom is -0.388 e. The van der Waals surface area contributed by atoms with Gasteiger partial charge in [0.2, 0.25) is 0 Å². The quantitative estimate of drug-likeness (QED) is 0.525. The second-order valence-corrected chi connectivity index (χ2v) is 9.59. The summed E-state index contributed by atoms with van der Waals surface area (Å²) in [6.45, 7) is 5.25. The molecule has 5 rings (SSSR count). The molecule has 5 atom stereocenters. The van der Waals surface area contributed by atoms with Crippen molar-refractivity contribution < 1.29 is 19.4 Å². The highest BCUT2D eigenvalue weighted by atomic mass is 16.7. The minimum absolute atomic E-state index is 0.210. The lowest BCUT2D eigenvalue weighted by atomic mass is 9.46. The lowest BCUT2D eigenvalue weighted by Crippen LogP contribution is -2.62. The maximum atomic E-state index is 12.6.